The van der Waals surface area contributed by atoms with E-state index in [1.54, 1.807) is 0 Å². The number of benzene rings is 9. The molecule has 60 heavy (non-hydrogen) atoms. The molecule has 0 aliphatic rings. The van der Waals surface area contributed by atoms with Crippen LogP contribution < -0.4 is 4.90 Å². The second-order valence-electron chi connectivity index (χ2n) is 15.0. The lowest BCUT2D eigenvalue weighted by Crippen LogP contribution is -2.09. The summed E-state index contributed by atoms with van der Waals surface area (Å²) in [6, 6.07) is 79.9. The smallest absolute Gasteiger partial charge is 0.160 e. The fourth-order valence-corrected chi connectivity index (χ4v) is 9.54. The normalized spacial score (nSPS) is 11.3. The summed E-state index contributed by atoms with van der Waals surface area (Å²) in [6.07, 6.45) is 0. The van der Waals surface area contributed by atoms with Gasteiger partial charge in [0, 0.05) is 53.7 Å². The topological polar surface area (TPSA) is 29.0 Å². The van der Waals surface area contributed by atoms with Crippen molar-refractivity contribution in [2.45, 2.75) is 0 Å². The summed E-state index contributed by atoms with van der Waals surface area (Å²) in [6.45, 7) is 0. The molecule has 0 bridgehead atoms. The molecule has 0 spiro atoms. The zero-order valence-corrected chi connectivity index (χ0v) is 33.4. The predicted molar refractivity (Wildman–Crippen MR) is 254 cm³/mol. The average Bonchev–Trinajstić information content (AvgIpc) is 3.71. The summed E-state index contributed by atoms with van der Waals surface area (Å²) in [5.41, 5.74) is 14.4. The third-order valence-electron chi connectivity index (χ3n) is 11.3. The van der Waals surface area contributed by atoms with Crippen LogP contribution in [0.25, 0.3) is 87.1 Å². The lowest BCUT2D eigenvalue weighted by molar-refractivity contribution is 1.23. The summed E-state index contributed by atoms with van der Waals surface area (Å²) in [4.78, 5) is 12.6. The van der Waals surface area contributed by atoms with Crippen LogP contribution >= 0.6 is 11.3 Å². The third-order valence-corrected chi connectivity index (χ3v) is 12.4. The molecule has 0 fully saturated rings. The van der Waals surface area contributed by atoms with Gasteiger partial charge in [-0.2, -0.15) is 0 Å². The Labute approximate surface area is 353 Å². The van der Waals surface area contributed by atoms with Crippen molar-refractivity contribution in [2.75, 3.05) is 4.90 Å². The first kappa shape index (κ1) is 35.5. The largest absolute Gasteiger partial charge is 0.310 e. The lowest BCUT2D eigenvalue weighted by atomic mass is 9.97. The van der Waals surface area contributed by atoms with E-state index in [0.29, 0.717) is 0 Å². The van der Waals surface area contributed by atoms with Gasteiger partial charge in [-0.25, -0.2) is 9.97 Å². The van der Waals surface area contributed by atoms with E-state index in [0.717, 1.165) is 56.2 Å². The van der Waals surface area contributed by atoms with Crippen molar-refractivity contribution in [3.05, 3.63) is 224 Å². The van der Waals surface area contributed by atoms with Gasteiger partial charge in [-0.05, 0) is 88.0 Å². The van der Waals surface area contributed by atoms with Crippen molar-refractivity contribution in [3.8, 4) is 56.0 Å². The molecule has 0 amide bonds. The van der Waals surface area contributed by atoms with Crippen molar-refractivity contribution in [2.24, 2.45) is 0 Å². The highest BCUT2D eigenvalue weighted by Gasteiger charge is 2.18. The van der Waals surface area contributed by atoms with Gasteiger partial charge in [0.05, 0.1) is 11.2 Å². The van der Waals surface area contributed by atoms with Crippen LogP contribution in [0.15, 0.2) is 224 Å². The van der Waals surface area contributed by atoms with Gasteiger partial charge < -0.3 is 4.90 Å². The van der Waals surface area contributed by atoms with Crippen LogP contribution in [0.1, 0.15) is 0 Å². The fourth-order valence-electron chi connectivity index (χ4n) is 8.38. The van der Waals surface area contributed by atoms with E-state index in [-0.39, 0.29) is 0 Å². The first-order valence-electron chi connectivity index (χ1n) is 20.2. The Morgan fingerprint density at radius 2 is 0.917 bits per heavy atom. The van der Waals surface area contributed by atoms with Crippen molar-refractivity contribution < 1.29 is 0 Å². The monoisotopic (exact) mass is 783 g/mol. The van der Waals surface area contributed by atoms with Crippen LogP contribution in [0.5, 0.6) is 0 Å². The molecule has 9 aromatic carbocycles. The second kappa shape index (κ2) is 15.3. The van der Waals surface area contributed by atoms with Gasteiger partial charge in [-0.15, -0.1) is 11.3 Å². The van der Waals surface area contributed by atoms with Crippen LogP contribution in [0.3, 0.4) is 0 Å². The molecular weight excluding hydrogens is 747 g/mol. The molecule has 0 saturated heterocycles. The van der Waals surface area contributed by atoms with E-state index in [1.165, 1.54) is 48.0 Å². The number of fused-ring (bicyclic) bond motifs is 4. The van der Waals surface area contributed by atoms with Crippen molar-refractivity contribution in [3.63, 3.8) is 0 Å². The summed E-state index contributed by atoms with van der Waals surface area (Å²) < 4.78 is 2.49. The molecule has 11 rings (SSSR count). The molecule has 0 atom stereocenters. The van der Waals surface area contributed by atoms with E-state index in [9.17, 15) is 0 Å². The maximum Gasteiger partial charge on any atom is 0.160 e. The second-order valence-corrected chi connectivity index (χ2v) is 16.1. The summed E-state index contributed by atoms with van der Waals surface area (Å²) >= 11 is 1.84. The molecule has 2 heterocycles. The third kappa shape index (κ3) is 6.59. The molecule has 282 valence electrons. The van der Waals surface area contributed by atoms with Crippen LogP contribution in [-0.2, 0) is 0 Å². The maximum absolute atomic E-state index is 5.18. The Kier molecular flexibility index (Phi) is 9.03. The zero-order chi connectivity index (χ0) is 39.8. The molecule has 0 saturated carbocycles. The number of thiophene rings is 1. The van der Waals surface area contributed by atoms with E-state index in [4.69, 9.17) is 9.97 Å². The van der Waals surface area contributed by atoms with Crippen LogP contribution in [-0.4, -0.2) is 9.97 Å². The fraction of sp³-hybridized carbons (Fsp3) is 0. The number of nitrogens with zero attached hydrogens (tertiary/aromatic N) is 3. The van der Waals surface area contributed by atoms with Gasteiger partial charge in [0.2, 0.25) is 0 Å². The summed E-state index contributed by atoms with van der Waals surface area (Å²) in [7, 11) is 0. The number of aromatic nitrogens is 2. The maximum atomic E-state index is 5.18. The molecule has 0 radical (unpaired) electrons. The minimum atomic E-state index is 0.717. The molecule has 0 aliphatic carbocycles. The number of para-hydroxylation sites is 1. The Morgan fingerprint density at radius 1 is 0.333 bits per heavy atom. The summed E-state index contributed by atoms with van der Waals surface area (Å²) in [5, 5.41) is 3.55. The van der Waals surface area contributed by atoms with Crippen molar-refractivity contribution in [1.82, 2.24) is 9.97 Å². The Hall–Kier alpha value is -7.66. The van der Waals surface area contributed by atoms with Gasteiger partial charge in [-0.3, -0.25) is 0 Å². The molecular formula is C56H37N3S. The summed E-state index contributed by atoms with van der Waals surface area (Å²) in [5.74, 6) is 0.717. The molecule has 3 nitrogen and oxygen atoms in total. The highest BCUT2D eigenvalue weighted by molar-refractivity contribution is 7.26. The SMILES string of the molecule is c1ccc(-c2ccc(N(c3cccc(-c4ccccc4)c3)c3ccc4c(c3)sc3cccc(-c5cccc(-c6nc(-c7ccccc7)c7ccccc7n6)c5)c34)cc2)cc1. The van der Waals surface area contributed by atoms with Gasteiger partial charge in [0.15, 0.2) is 5.82 Å². The first-order valence-corrected chi connectivity index (χ1v) is 21.0. The molecule has 2 aromatic heterocycles. The molecule has 0 aliphatic heterocycles. The van der Waals surface area contributed by atoms with E-state index >= 15 is 0 Å². The van der Waals surface area contributed by atoms with Crippen LogP contribution in [0.4, 0.5) is 17.1 Å². The lowest BCUT2D eigenvalue weighted by Gasteiger charge is -2.26. The molecule has 11 aromatic rings. The highest BCUT2D eigenvalue weighted by atomic mass is 32.1. The van der Waals surface area contributed by atoms with Crippen molar-refractivity contribution >= 4 is 59.5 Å². The number of anilines is 3. The molecule has 0 unspecified atom stereocenters. The Balaban J connectivity index is 1.02. The van der Waals surface area contributed by atoms with Crippen molar-refractivity contribution in [1.29, 1.82) is 0 Å². The number of hydrogen-bond acceptors (Lipinski definition) is 4. The van der Waals surface area contributed by atoms with Crippen LogP contribution in [0, 0.1) is 0 Å². The van der Waals surface area contributed by atoms with Gasteiger partial charge in [0.25, 0.3) is 0 Å². The van der Waals surface area contributed by atoms with Gasteiger partial charge in [0.1, 0.15) is 0 Å². The van der Waals surface area contributed by atoms with Gasteiger partial charge in [-0.1, -0.05) is 170 Å². The molecule has 4 heteroatoms. The Bertz CT molecular complexity index is 3300. The van der Waals surface area contributed by atoms with Crippen LogP contribution in [0.2, 0.25) is 0 Å². The average molecular weight is 784 g/mol. The Morgan fingerprint density at radius 3 is 1.70 bits per heavy atom. The van der Waals surface area contributed by atoms with E-state index in [1.807, 2.05) is 23.5 Å². The number of hydrogen-bond donors (Lipinski definition) is 0. The zero-order valence-electron chi connectivity index (χ0n) is 32.6. The first-order chi connectivity index (χ1) is 29.7. The molecule has 0 N–H and O–H groups in total. The predicted octanol–water partition coefficient (Wildman–Crippen LogP) is 15.8. The number of rotatable bonds is 8. The standard InChI is InChI=1S/C56H37N3S/c1-4-15-38(16-5-1)40-29-31-45(32-30-40)59(46-24-13-21-42(36-46)39-17-6-2-7-18-39)47-33-34-50-53(37-47)60-52-28-14-26-48(54(50)52)43-22-12-23-44(35-43)56-57-51-27-11-10-25-49(51)55(58-56)41-19-8-3-9-20-41/h1-37H. The van der Waals surface area contributed by atoms with E-state index in [2.05, 4.69) is 217 Å². The minimum Gasteiger partial charge on any atom is -0.310 e. The quantitative estimate of drug-likeness (QED) is 0.154. The highest BCUT2D eigenvalue weighted by Crippen LogP contribution is 2.45. The van der Waals surface area contributed by atoms with E-state index < -0.39 is 0 Å². The minimum absolute atomic E-state index is 0.717. The van der Waals surface area contributed by atoms with Gasteiger partial charge >= 0.3 is 0 Å².